The molecule has 0 aliphatic rings. The molecule has 1 heterocycles. The third kappa shape index (κ3) is 2.06. The molecule has 0 spiro atoms. The van der Waals surface area contributed by atoms with Gasteiger partial charge in [0.25, 0.3) is 5.56 Å². The molecular weight excluding hydrogens is 240 g/mol. The summed E-state index contributed by atoms with van der Waals surface area (Å²) < 4.78 is 1.45. The van der Waals surface area contributed by atoms with E-state index in [4.69, 9.17) is 10.9 Å². The summed E-state index contributed by atoms with van der Waals surface area (Å²) in [4.78, 5) is 11.4. The maximum absolute atomic E-state index is 11.4. The van der Waals surface area contributed by atoms with E-state index < -0.39 is 0 Å². The highest BCUT2D eigenvalue weighted by atomic mass is 79.9. The lowest BCUT2D eigenvalue weighted by Crippen LogP contribution is -2.26. The Morgan fingerprint density at radius 2 is 2.46 bits per heavy atom. The maximum atomic E-state index is 11.4. The fraction of sp³-hybridized carbons (Fsp3) is 0.333. The van der Waals surface area contributed by atoms with Gasteiger partial charge in [-0.15, -0.1) is 0 Å². The molecule has 1 aromatic rings. The Kier molecular flexibility index (Phi) is 3.40. The number of nitrogen functional groups attached to an aromatic ring is 1. The van der Waals surface area contributed by atoms with Gasteiger partial charge in [-0.05, 0) is 15.9 Å². The van der Waals surface area contributed by atoms with Crippen LogP contribution in [0.25, 0.3) is 0 Å². The second-order valence-corrected chi connectivity index (χ2v) is 3.06. The average molecular weight is 249 g/mol. The summed E-state index contributed by atoms with van der Waals surface area (Å²) in [6, 6.07) is 0. The first kappa shape index (κ1) is 10.2. The molecule has 13 heavy (non-hydrogen) atoms. The number of rotatable bonds is 3. The van der Waals surface area contributed by atoms with E-state index in [0.717, 1.165) is 4.68 Å². The molecule has 0 aliphatic heterocycles. The quantitative estimate of drug-likeness (QED) is 0.485. The van der Waals surface area contributed by atoms with Crippen LogP contribution in [0.5, 0.6) is 0 Å². The largest absolute Gasteiger partial charge is 0.394 e. The average Bonchev–Trinajstić information content (AvgIpc) is 2.14. The van der Waals surface area contributed by atoms with Crippen molar-refractivity contribution in [2.45, 2.75) is 6.54 Å². The van der Waals surface area contributed by atoms with Crippen molar-refractivity contribution in [1.29, 1.82) is 0 Å². The van der Waals surface area contributed by atoms with E-state index in [1.807, 2.05) is 0 Å². The van der Waals surface area contributed by atoms with E-state index in [1.165, 1.54) is 6.20 Å². The fourth-order valence-corrected chi connectivity index (χ4v) is 1.24. The number of nitrogens with two attached hydrogens (primary N) is 1. The lowest BCUT2D eigenvalue weighted by atomic mass is 10.5. The predicted molar refractivity (Wildman–Crippen MR) is 51.1 cm³/mol. The summed E-state index contributed by atoms with van der Waals surface area (Å²) in [7, 11) is 0. The second-order valence-electron chi connectivity index (χ2n) is 2.27. The Morgan fingerprint density at radius 1 is 1.77 bits per heavy atom. The Balaban J connectivity index is 3.16. The van der Waals surface area contributed by atoms with E-state index in [0.29, 0.717) is 10.2 Å². The summed E-state index contributed by atoms with van der Waals surface area (Å²) in [5, 5.41) is 12.4. The molecule has 0 saturated heterocycles. The minimum absolute atomic E-state index is 0.130. The first-order valence-corrected chi connectivity index (χ1v) is 4.33. The number of aliphatic hydroxyl groups is 1. The third-order valence-corrected chi connectivity index (χ3v) is 2.22. The summed E-state index contributed by atoms with van der Waals surface area (Å²) >= 11 is 3.06. The van der Waals surface area contributed by atoms with Crippen molar-refractivity contribution in [2.24, 2.45) is 5.84 Å². The Bertz CT molecular complexity index is 351. The van der Waals surface area contributed by atoms with E-state index in [2.05, 4.69) is 26.5 Å². The summed E-state index contributed by atoms with van der Waals surface area (Å²) in [6.07, 6.45) is 1.40. The lowest BCUT2D eigenvalue weighted by molar-refractivity contribution is 0.266. The highest BCUT2D eigenvalue weighted by molar-refractivity contribution is 9.10. The monoisotopic (exact) mass is 248 g/mol. The van der Waals surface area contributed by atoms with Crippen LogP contribution < -0.4 is 16.8 Å². The van der Waals surface area contributed by atoms with Crippen molar-refractivity contribution in [3.05, 3.63) is 21.0 Å². The number of anilines is 1. The molecule has 6 nitrogen and oxygen atoms in total. The standard InChI is InChI=1S/C6H9BrN4O2/c7-5-4(10-8)3-9-11(1-2-12)6(5)13/h3,10,12H,1-2,8H2. The van der Waals surface area contributed by atoms with Crippen LogP contribution >= 0.6 is 15.9 Å². The molecule has 0 saturated carbocycles. The van der Waals surface area contributed by atoms with Crippen LogP contribution in [-0.4, -0.2) is 21.5 Å². The Labute approximate surface area is 82.5 Å². The van der Waals surface area contributed by atoms with Crippen molar-refractivity contribution in [3.63, 3.8) is 0 Å². The van der Waals surface area contributed by atoms with Crippen LogP contribution in [0.4, 0.5) is 5.69 Å². The molecule has 0 unspecified atom stereocenters. The van der Waals surface area contributed by atoms with Gasteiger partial charge in [0.15, 0.2) is 0 Å². The minimum atomic E-state index is -0.329. The van der Waals surface area contributed by atoms with Gasteiger partial charge in [-0.2, -0.15) is 5.10 Å². The number of hydrogen-bond donors (Lipinski definition) is 3. The summed E-state index contributed by atoms with van der Waals surface area (Å²) in [6.45, 7) is 0.0387. The van der Waals surface area contributed by atoms with Gasteiger partial charge in [-0.25, -0.2) is 4.68 Å². The topological polar surface area (TPSA) is 93.2 Å². The first-order chi connectivity index (χ1) is 6.20. The van der Waals surface area contributed by atoms with Crippen molar-refractivity contribution < 1.29 is 5.11 Å². The van der Waals surface area contributed by atoms with Gasteiger partial charge in [-0.1, -0.05) is 0 Å². The van der Waals surface area contributed by atoms with Crippen LogP contribution in [0.1, 0.15) is 0 Å². The van der Waals surface area contributed by atoms with E-state index >= 15 is 0 Å². The van der Waals surface area contributed by atoms with Crippen molar-refractivity contribution in [3.8, 4) is 0 Å². The maximum Gasteiger partial charge on any atom is 0.283 e. The molecule has 7 heteroatoms. The predicted octanol–water partition coefficient (Wildman–Crippen LogP) is -0.716. The Morgan fingerprint density at radius 3 is 3.00 bits per heavy atom. The van der Waals surface area contributed by atoms with Crippen LogP contribution in [0.15, 0.2) is 15.5 Å². The second kappa shape index (κ2) is 4.35. The third-order valence-electron chi connectivity index (χ3n) is 1.45. The number of nitrogens with one attached hydrogen (secondary N) is 1. The van der Waals surface area contributed by atoms with Crippen LogP contribution in [-0.2, 0) is 6.54 Å². The zero-order valence-corrected chi connectivity index (χ0v) is 8.28. The highest BCUT2D eigenvalue weighted by Crippen LogP contribution is 2.13. The molecule has 72 valence electrons. The van der Waals surface area contributed by atoms with Crippen molar-refractivity contribution in [1.82, 2.24) is 9.78 Å². The molecule has 0 aromatic carbocycles. The molecule has 1 rings (SSSR count). The van der Waals surface area contributed by atoms with Gasteiger partial charge in [0.2, 0.25) is 0 Å². The Hall–Kier alpha value is -0.920. The number of aliphatic hydroxyl groups excluding tert-OH is 1. The van der Waals surface area contributed by atoms with Gasteiger partial charge in [0.1, 0.15) is 4.47 Å². The van der Waals surface area contributed by atoms with Crippen LogP contribution in [0, 0.1) is 0 Å². The van der Waals surface area contributed by atoms with Gasteiger partial charge in [-0.3, -0.25) is 10.6 Å². The highest BCUT2D eigenvalue weighted by Gasteiger charge is 2.06. The fourth-order valence-electron chi connectivity index (χ4n) is 0.820. The smallest absolute Gasteiger partial charge is 0.283 e. The number of aromatic nitrogens is 2. The minimum Gasteiger partial charge on any atom is -0.394 e. The van der Waals surface area contributed by atoms with Gasteiger partial charge < -0.3 is 10.5 Å². The number of hydrogen-bond acceptors (Lipinski definition) is 5. The van der Waals surface area contributed by atoms with Crippen LogP contribution in [0.3, 0.4) is 0 Å². The first-order valence-electron chi connectivity index (χ1n) is 3.53. The van der Waals surface area contributed by atoms with E-state index in [-0.39, 0.29) is 18.7 Å². The molecule has 0 fully saturated rings. The molecule has 0 amide bonds. The summed E-state index contributed by atoms with van der Waals surface area (Å²) in [5.74, 6) is 5.13. The SMILES string of the molecule is NNc1cnn(CCO)c(=O)c1Br. The molecule has 0 atom stereocenters. The van der Waals surface area contributed by atoms with Gasteiger partial charge >= 0.3 is 0 Å². The molecule has 0 bridgehead atoms. The molecule has 0 radical (unpaired) electrons. The van der Waals surface area contributed by atoms with Crippen molar-refractivity contribution in [2.75, 3.05) is 12.0 Å². The van der Waals surface area contributed by atoms with Crippen LogP contribution in [0.2, 0.25) is 0 Å². The normalized spacial score (nSPS) is 10.1. The van der Waals surface area contributed by atoms with Gasteiger partial charge in [0.05, 0.1) is 25.0 Å². The number of nitrogens with zero attached hydrogens (tertiary/aromatic N) is 2. The van der Waals surface area contributed by atoms with E-state index in [9.17, 15) is 4.79 Å². The molecule has 4 N–H and O–H groups in total. The van der Waals surface area contributed by atoms with E-state index in [1.54, 1.807) is 0 Å². The molecular formula is C6H9BrN4O2. The molecule has 1 aromatic heterocycles. The van der Waals surface area contributed by atoms with Crippen molar-refractivity contribution >= 4 is 21.6 Å². The lowest BCUT2D eigenvalue weighted by Gasteiger charge is -2.05. The zero-order valence-electron chi connectivity index (χ0n) is 6.70. The number of hydrazine groups is 1. The molecule has 0 aliphatic carbocycles. The summed E-state index contributed by atoms with van der Waals surface area (Å²) in [5.41, 5.74) is 2.41. The van der Waals surface area contributed by atoms with Gasteiger partial charge in [0, 0.05) is 0 Å². The zero-order chi connectivity index (χ0) is 9.84. The number of halogens is 1.